The molecule has 8 heteroatoms. The smallest absolute Gasteiger partial charge is 0.260 e. The van der Waals surface area contributed by atoms with Crippen LogP contribution in [0.2, 0.25) is 5.02 Å². The van der Waals surface area contributed by atoms with Gasteiger partial charge in [0, 0.05) is 5.02 Å². The number of nitrogens with one attached hydrogen (secondary N) is 1. The molecule has 0 atom stereocenters. The number of carbonyl (C=O) groups is 1. The zero-order valence-corrected chi connectivity index (χ0v) is 15.4. The molecule has 0 bridgehead atoms. The number of hydrazone groups is 1. The molecule has 0 aliphatic heterocycles. The van der Waals surface area contributed by atoms with Crippen molar-refractivity contribution in [3.8, 4) is 0 Å². The van der Waals surface area contributed by atoms with Crippen LogP contribution in [0.4, 0.5) is 5.69 Å². The van der Waals surface area contributed by atoms with Gasteiger partial charge in [0.1, 0.15) is 6.54 Å². The molecule has 0 aliphatic rings. The predicted octanol–water partition coefficient (Wildman–Crippen LogP) is 2.56. The number of hydrogen-bond acceptors (Lipinski definition) is 4. The van der Waals surface area contributed by atoms with Crippen molar-refractivity contribution in [1.82, 2.24) is 5.43 Å². The molecule has 0 unspecified atom stereocenters. The lowest BCUT2D eigenvalue weighted by Crippen LogP contribution is -2.39. The Morgan fingerprint density at radius 3 is 2.52 bits per heavy atom. The number of hydrogen-bond donors (Lipinski definition) is 1. The largest absolute Gasteiger partial charge is 0.271 e. The Kier molecular flexibility index (Phi) is 6.17. The van der Waals surface area contributed by atoms with Crippen LogP contribution in [-0.4, -0.2) is 33.3 Å². The molecule has 25 heavy (non-hydrogen) atoms. The van der Waals surface area contributed by atoms with Crippen LogP contribution in [0.1, 0.15) is 11.1 Å². The van der Waals surface area contributed by atoms with E-state index in [1.165, 1.54) is 6.21 Å². The van der Waals surface area contributed by atoms with Crippen molar-refractivity contribution in [2.24, 2.45) is 5.10 Å². The summed E-state index contributed by atoms with van der Waals surface area (Å²) >= 11 is 5.79. The summed E-state index contributed by atoms with van der Waals surface area (Å²) in [4.78, 5) is 12.1. The van der Waals surface area contributed by atoms with Crippen molar-refractivity contribution in [3.05, 3.63) is 64.7 Å². The number of benzene rings is 2. The molecule has 6 nitrogen and oxygen atoms in total. The zero-order chi connectivity index (χ0) is 18.4. The highest BCUT2D eigenvalue weighted by Gasteiger charge is 2.20. The molecular formula is C17H18ClN3O3S. The Morgan fingerprint density at radius 2 is 1.92 bits per heavy atom. The average Bonchev–Trinajstić information content (AvgIpc) is 2.53. The van der Waals surface area contributed by atoms with Crippen LogP contribution in [-0.2, 0) is 14.8 Å². The highest BCUT2D eigenvalue weighted by Crippen LogP contribution is 2.18. The molecule has 0 fully saturated rings. The SMILES string of the molecule is Cc1cccc(N(CC(=O)N/N=C\c2ccc(Cl)cc2)S(C)(=O)=O)c1. The summed E-state index contributed by atoms with van der Waals surface area (Å²) in [5.74, 6) is -0.544. The van der Waals surface area contributed by atoms with Gasteiger partial charge in [-0.1, -0.05) is 35.9 Å². The standard InChI is InChI=1S/C17H18ClN3O3S/c1-13-4-3-5-16(10-13)21(25(2,23)24)12-17(22)20-19-11-14-6-8-15(18)9-7-14/h3-11H,12H2,1-2H3,(H,20,22)/b19-11-. The summed E-state index contributed by atoms with van der Waals surface area (Å²) in [6.07, 6.45) is 2.51. The third-order valence-electron chi connectivity index (χ3n) is 3.25. The number of anilines is 1. The van der Waals surface area contributed by atoms with E-state index < -0.39 is 15.9 Å². The summed E-state index contributed by atoms with van der Waals surface area (Å²) in [5.41, 5.74) is 4.40. The van der Waals surface area contributed by atoms with Gasteiger partial charge in [-0.3, -0.25) is 9.10 Å². The minimum atomic E-state index is -3.61. The third-order valence-corrected chi connectivity index (χ3v) is 4.64. The van der Waals surface area contributed by atoms with E-state index in [0.29, 0.717) is 10.7 Å². The topological polar surface area (TPSA) is 78.8 Å². The quantitative estimate of drug-likeness (QED) is 0.618. The number of rotatable bonds is 6. The van der Waals surface area contributed by atoms with E-state index in [4.69, 9.17) is 11.6 Å². The van der Waals surface area contributed by atoms with Crippen molar-refractivity contribution in [2.75, 3.05) is 17.1 Å². The average molecular weight is 380 g/mol. The van der Waals surface area contributed by atoms with E-state index in [-0.39, 0.29) is 6.54 Å². The van der Waals surface area contributed by atoms with E-state index in [0.717, 1.165) is 21.7 Å². The first-order valence-corrected chi connectivity index (χ1v) is 9.60. The minimum Gasteiger partial charge on any atom is -0.271 e. The number of amides is 1. The van der Waals surface area contributed by atoms with E-state index >= 15 is 0 Å². The van der Waals surface area contributed by atoms with Crippen LogP contribution >= 0.6 is 11.6 Å². The molecule has 0 radical (unpaired) electrons. The lowest BCUT2D eigenvalue weighted by Gasteiger charge is -2.21. The Labute approximate surface area is 152 Å². The van der Waals surface area contributed by atoms with Gasteiger partial charge in [-0.15, -0.1) is 0 Å². The van der Waals surface area contributed by atoms with Crippen molar-refractivity contribution in [2.45, 2.75) is 6.92 Å². The van der Waals surface area contributed by atoms with Crippen LogP contribution in [0, 0.1) is 6.92 Å². The maximum absolute atomic E-state index is 12.1. The molecule has 2 rings (SSSR count). The minimum absolute atomic E-state index is 0.361. The highest BCUT2D eigenvalue weighted by atomic mass is 35.5. The summed E-state index contributed by atoms with van der Waals surface area (Å²) < 4.78 is 25.0. The van der Waals surface area contributed by atoms with Crippen LogP contribution in [0.15, 0.2) is 53.6 Å². The maximum Gasteiger partial charge on any atom is 0.260 e. The number of sulfonamides is 1. The van der Waals surface area contributed by atoms with Gasteiger partial charge >= 0.3 is 0 Å². The second-order valence-corrected chi connectivity index (χ2v) is 7.80. The zero-order valence-electron chi connectivity index (χ0n) is 13.8. The predicted molar refractivity (Wildman–Crippen MR) is 101 cm³/mol. The van der Waals surface area contributed by atoms with Crippen LogP contribution in [0.25, 0.3) is 0 Å². The Balaban J connectivity index is 2.06. The molecule has 0 aromatic heterocycles. The van der Waals surface area contributed by atoms with Gasteiger partial charge in [-0.25, -0.2) is 13.8 Å². The molecular weight excluding hydrogens is 362 g/mol. The molecule has 0 heterocycles. The molecule has 1 amide bonds. The fourth-order valence-corrected chi connectivity index (χ4v) is 3.05. The van der Waals surface area contributed by atoms with Gasteiger partial charge in [0.15, 0.2) is 0 Å². The van der Waals surface area contributed by atoms with E-state index in [2.05, 4.69) is 10.5 Å². The van der Waals surface area contributed by atoms with Gasteiger partial charge in [-0.2, -0.15) is 5.10 Å². The van der Waals surface area contributed by atoms with Crippen LogP contribution in [0.3, 0.4) is 0 Å². The third kappa shape index (κ3) is 5.88. The second kappa shape index (κ2) is 8.13. The molecule has 1 N–H and O–H groups in total. The number of carbonyl (C=O) groups excluding carboxylic acids is 1. The van der Waals surface area contributed by atoms with Gasteiger partial charge in [-0.05, 0) is 42.3 Å². The van der Waals surface area contributed by atoms with Crippen LogP contribution in [0.5, 0.6) is 0 Å². The molecule has 0 saturated carbocycles. The van der Waals surface area contributed by atoms with Crippen molar-refractivity contribution < 1.29 is 13.2 Å². The second-order valence-electron chi connectivity index (χ2n) is 5.45. The first-order chi connectivity index (χ1) is 11.8. The van der Waals surface area contributed by atoms with Gasteiger partial charge < -0.3 is 0 Å². The number of nitrogens with zero attached hydrogens (tertiary/aromatic N) is 2. The van der Waals surface area contributed by atoms with Gasteiger partial charge in [0.2, 0.25) is 10.0 Å². The Morgan fingerprint density at radius 1 is 1.24 bits per heavy atom. The number of aryl methyl sites for hydroxylation is 1. The normalized spacial score (nSPS) is 11.5. The van der Waals surface area contributed by atoms with Crippen molar-refractivity contribution in [1.29, 1.82) is 0 Å². The van der Waals surface area contributed by atoms with Crippen molar-refractivity contribution >= 4 is 39.4 Å². The summed E-state index contributed by atoms with van der Waals surface area (Å²) in [6.45, 7) is 1.49. The first-order valence-electron chi connectivity index (χ1n) is 7.37. The van der Waals surface area contributed by atoms with Gasteiger partial charge in [0.05, 0.1) is 18.2 Å². The summed E-state index contributed by atoms with van der Waals surface area (Å²) in [6, 6.07) is 13.8. The van der Waals surface area contributed by atoms with Gasteiger partial charge in [0.25, 0.3) is 5.91 Å². The summed E-state index contributed by atoms with van der Waals surface area (Å²) in [5, 5.41) is 4.43. The summed E-state index contributed by atoms with van der Waals surface area (Å²) in [7, 11) is -3.61. The van der Waals surface area contributed by atoms with E-state index in [1.54, 1.807) is 42.5 Å². The van der Waals surface area contributed by atoms with E-state index in [9.17, 15) is 13.2 Å². The fourth-order valence-electron chi connectivity index (χ4n) is 2.08. The Bertz CT molecular complexity index is 880. The molecule has 0 aliphatic carbocycles. The Hall–Kier alpha value is -2.38. The molecule has 2 aromatic carbocycles. The van der Waals surface area contributed by atoms with E-state index in [1.807, 2.05) is 13.0 Å². The molecule has 0 saturated heterocycles. The first kappa shape index (κ1) is 19.0. The molecule has 2 aromatic rings. The number of halogens is 1. The molecule has 0 spiro atoms. The lowest BCUT2D eigenvalue weighted by molar-refractivity contribution is -0.119. The maximum atomic E-state index is 12.1. The van der Waals surface area contributed by atoms with Crippen LogP contribution < -0.4 is 9.73 Å². The lowest BCUT2D eigenvalue weighted by atomic mass is 10.2. The monoisotopic (exact) mass is 379 g/mol. The molecule has 132 valence electrons. The van der Waals surface area contributed by atoms with Crippen molar-refractivity contribution in [3.63, 3.8) is 0 Å². The fraction of sp³-hybridized carbons (Fsp3) is 0.176. The highest BCUT2D eigenvalue weighted by molar-refractivity contribution is 7.92.